The van der Waals surface area contributed by atoms with Crippen LogP contribution in [0.1, 0.15) is 19.8 Å². The van der Waals surface area contributed by atoms with Crippen molar-refractivity contribution in [3.63, 3.8) is 0 Å². The van der Waals surface area contributed by atoms with Gasteiger partial charge < -0.3 is 4.74 Å². The third-order valence-corrected chi connectivity index (χ3v) is 1.16. The van der Waals surface area contributed by atoms with E-state index >= 15 is 0 Å². The predicted molar refractivity (Wildman–Crippen MR) is 24.6 cm³/mol. The van der Waals surface area contributed by atoms with E-state index in [1.807, 2.05) is 0 Å². The van der Waals surface area contributed by atoms with E-state index in [-0.39, 0.29) is 19.5 Å². The van der Waals surface area contributed by atoms with Gasteiger partial charge in [0.2, 0.25) is 0 Å². The maximum Gasteiger partial charge on any atom is 0.0547 e. The summed E-state index contributed by atoms with van der Waals surface area (Å²) < 4.78 is 5.15. The first kappa shape index (κ1) is 7.58. The summed E-state index contributed by atoms with van der Waals surface area (Å²) in [6.45, 7) is 3.11. The van der Waals surface area contributed by atoms with Gasteiger partial charge >= 0.3 is 0 Å². The normalized spacial score (nSPS) is 29.6. The molecule has 1 nitrogen and oxygen atoms in total. The van der Waals surface area contributed by atoms with Crippen molar-refractivity contribution in [3.05, 3.63) is 0 Å². The van der Waals surface area contributed by atoms with Gasteiger partial charge in [0.15, 0.2) is 0 Å². The Hall–Kier alpha value is 0.583. The maximum atomic E-state index is 5.15. The topological polar surface area (TPSA) is 9.23 Å². The molecule has 0 aromatic rings. The SMILES string of the molecule is CC1CCCO1.[Zn]. The van der Waals surface area contributed by atoms with Crippen LogP contribution >= 0.6 is 0 Å². The minimum atomic E-state index is 0. The summed E-state index contributed by atoms with van der Waals surface area (Å²) in [6, 6.07) is 0. The van der Waals surface area contributed by atoms with Crippen LogP contribution in [0.15, 0.2) is 0 Å². The van der Waals surface area contributed by atoms with E-state index in [0.29, 0.717) is 6.10 Å². The molecule has 0 radical (unpaired) electrons. The molecule has 0 saturated carbocycles. The van der Waals surface area contributed by atoms with Crippen molar-refractivity contribution >= 4 is 0 Å². The fraction of sp³-hybridized carbons (Fsp3) is 1.00. The second-order valence-electron chi connectivity index (χ2n) is 1.82. The molecule has 7 heavy (non-hydrogen) atoms. The molecule has 1 heterocycles. The smallest absolute Gasteiger partial charge is 0.0547 e. The maximum absolute atomic E-state index is 5.15. The van der Waals surface area contributed by atoms with Gasteiger partial charge in [-0.2, -0.15) is 0 Å². The van der Waals surface area contributed by atoms with Crippen molar-refractivity contribution in [2.45, 2.75) is 25.9 Å². The molecule has 1 rings (SSSR count). The predicted octanol–water partition coefficient (Wildman–Crippen LogP) is 1.18. The summed E-state index contributed by atoms with van der Waals surface area (Å²) in [5.74, 6) is 0. The first-order valence-electron chi connectivity index (χ1n) is 2.51. The summed E-state index contributed by atoms with van der Waals surface area (Å²) in [4.78, 5) is 0. The summed E-state index contributed by atoms with van der Waals surface area (Å²) in [5.41, 5.74) is 0. The van der Waals surface area contributed by atoms with Crippen molar-refractivity contribution in [1.29, 1.82) is 0 Å². The largest absolute Gasteiger partial charge is 0.379 e. The van der Waals surface area contributed by atoms with Crippen LogP contribution in [0.3, 0.4) is 0 Å². The fourth-order valence-electron chi connectivity index (χ4n) is 0.739. The van der Waals surface area contributed by atoms with Crippen LogP contribution in [0, 0.1) is 0 Å². The van der Waals surface area contributed by atoms with Crippen molar-refractivity contribution in [3.8, 4) is 0 Å². The van der Waals surface area contributed by atoms with Crippen LogP contribution < -0.4 is 0 Å². The van der Waals surface area contributed by atoms with Gasteiger partial charge in [-0.1, -0.05) is 0 Å². The van der Waals surface area contributed by atoms with Crippen molar-refractivity contribution in [2.75, 3.05) is 6.61 Å². The summed E-state index contributed by atoms with van der Waals surface area (Å²) >= 11 is 0. The average molecular weight is 152 g/mol. The van der Waals surface area contributed by atoms with Gasteiger partial charge in [-0.15, -0.1) is 0 Å². The zero-order valence-corrected chi connectivity index (χ0v) is 7.78. The van der Waals surface area contributed by atoms with Gasteiger partial charge in [0.1, 0.15) is 0 Å². The quantitative estimate of drug-likeness (QED) is 0.473. The molecule has 1 aliphatic heterocycles. The second kappa shape index (κ2) is 3.57. The number of ether oxygens (including phenoxy) is 1. The number of hydrogen-bond donors (Lipinski definition) is 0. The molecule has 1 fully saturated rings. The molecule has 0 aromatic carbocycles. The Morgan fingerprint density at radius 1 is 1.57 bits per heavy atom. The Morgan fingerprint density at radius 3 is 2.43 bits per heavy atom. The molecule has 1 saturated heterocycles. The van der Waals surface area contributed by atoms with Gasteiger partial charge in [-0.3, -0.25) is 0 Å². The van der Waals surface area contributed by atoms with E-state index in [9.17, 15) is 0 Å². The molecule has 2 heteroatoms. The van der Waals surface area contributed by atoms with Crippen molar-refractivity contribution < 1.29 is 24.2 Å². The third-order valence-electron chi connectivity index (χ3n) is 1.16. The molecule has 1 aliphatic rings. The molecule has 1 atom stereocenters. The van der Waals surface area contributed by atoms with Crippen LogP contribution in [0.2, 0.25) is 0 Å². The summed E-state index contributed by atoms with van der Waals surface area (Å²) in [7, 11) is 0. The fourth-order valence-corrected chi connectivity index (χ4v) is 0.739. The molecular formula is C5H10OZn. The first-order chi connectivity index (χ1) is 2.89. The van der Waals surface area contributed by atoms with Gasteiger partial charge in [-0.25, -0.2) is 0 Å². The van der Waals surface area contributed by atoms with E-state index in [4.69, 9.17) is 4.74 Å². The standard InChI is InChI=1S/C5H10O.Zn/c1-5-3-2-4-6-5;/h5H,2-4H2,1H3;. The zero-order valence-electron chi connectivity index (χ0n) is 4.81. The van der Waals surface area contributed by atoms with Gasteiger partial charge in [0.25, 0.3) is 0 Å². The van der Waals surface area contributed by atoms with Crippen LogP contribution in [0.25, 0.3) is 0 Å². The molecule has 0 bridgehead atoms. The Morgan fingerprint density at radius 2 is 2.29 bits per heavy atom. The molecule has 38 valence electrons. The van der Waals surface area contributed by atoms with Crippen LogP contribution in [0.5, 0.6) is 0 Å². The Balaban J connectivity index is 0.000000360. The Kier molecular flexibility index (Phi) is 3.87. The number of rotatable bonds is 0. The molecule has 0 spiro atoms. The molecule has 0 amide bonds. The van der Waals surface area contributed by atoms with Crippen LogP contribution in [-0.2, 0) is 24.2 Å². The second-order valence-corrected chi connectivity index (χ2v) is 1.82. The minimum Gasteiger partial charge on any atom is -0.379 e. The zero-order chi connectivity index (χ0) is 4.41. The molecule has 0 aromatic heterocycles. The van der Waals surface area contributed by atoms with Gasteiger partial charge in [0, 0.05) is 26.1 Å². The van der Waals surface area contributed by atoms with E-state index in [0.717, 1.165) is 6.61 Å². The number of hydrogen-bond acceptors (Lipinski definition) is 1. The van der Waals surface area contributed by atoms with Crippen LogP contribution in [-0.4, -0.2) is 12.7 Å². The minimum absolute atomic E-state index is 0. The van der Waals surface area contributed by atoms with Gasteiger partial charge in [-0.05, 0) is 19.8 Å². The third kappa shape index (κ3) is 2.40. The van der Waals surface area contributed by atoms with E-state index in [1.165, 1.54) is 12.8 Å². The Bertz CT molecular complexity index is 41.3. The summed E-state index contributed by atoms with van der Waals surface area (Å²) in [6.07, 6.45) is 3.08. The van der Waals surface area contributed by atoms with Gasteiger partial charge in [0.05, 0.1) is 6.10 Å². The Labute approximate surface area is 57.2 Å². The molecule has 0 N–H and O–H groups in total. The van der Waals surface area contributed by atoms with Crippen molar-refractivity contribution in [1.82, 2.24) is 0 Å². The van der Waals surface area contributed by atoms with E-state index in [1.54, 1.807) is 0 Å². The molecule has 0 aliphatic carbocycles. The van der Waals surface area contributed by atoms with E-state index < -0.39 is 0 Å². The molecular weight excluding hydrogens is 141 g/mol. The van der Waals surface area contributed by atoms with E-state index in [2.05, 4.69) is 6.92 Å². The molecule has 1 unspecified atom stereocenters. The first-order valence-corrected chi connectivity index (χ1v) is 2.51. The van der Waals surface area contributed by atoms with Crippen LogP contribution in [0.4, 0.5) is 0 Å². The van der Waals surface area contributed by atoms with Crippen molar-refractivity contribution in [2.24, 2.45) is 0 Å². The summed E-state index contributed by atoms with van der Waals surface area (Å²) in [5, 5.41) is 0. The average Bonchev–Trinajstić information content (AvgIpc) is 1.86. The monoisotopic (exact) mass is 150 g/mol.